The normalized spacial score (nSPS) is 20.6. The van der Waals surface area contributed by atoms with Crippen molar-refractivity contribution in [1.29, 1.82) is 0 Å². The van der Waals surface area contributed by atoms with Crippen molar-refractivity contribution in [3.63, 3.8) is 0 Å². The summed E-state index contributed by atoms with van der Waals surface area (Å²) in [6.45, 7) is 2.76. The van der Waals surface area contributed by atoms with Gasteiger partial charge in [-0.2, -0.15) is 0 Å². The summed E-state index contributed by atoms with van der Waals surface area (Å²) < 4.78 is 28.4. The number of nitrogens with two attached hydrogens (primary N) is 1. The highest BCUT2D eigenvalue weighted by molar-refractivity contribution is 6.00. The second-order valence-corrected chi connectivity index (χ2v) is 6.28. The maximum absolute atomic E-state index is 14.6. The Morgan fingerprint density at radius 2 is 2.04 bits per heavy atom. The van der Waals surface area contributed by atoms with E-state index in [1.165, 1.54) is 18.5 Å². The third-order valence-corrected chi connectivity index (χ3v) is 4.73. The van der Waals surface area contributed by atoms with E-state index < -0.39 is 17.5 Å². The highest BCUT2D eigenvalue weighted by Gasteiger charge is 2.34. The molecule has 1 fully saturated rings. The minimum atomic E-state index is -1.18. The Kier molecular flexibility index (Phi) is 5.03. The van der Waals surface area contributed by atoms with E-state index in [1.54, 1.807) is 11.0 Å². The topological polar surface area (TPSA) is 72.1 Å². The Morgan fingerprint density at radius 3 is 2.72 bits per heavy atom. The van der Waals surface area contributed by atoms with Crippen LogP contribution in [0.1, 0.15) is 30.1 Å². The van der Waals surface area contributed by atoms with Crippen LogP contribution in [0, 0.1) is 17.6 Å². The van der Waals surface area contributed by atoms with Gasteiger partial charge in [-0.25, -0.2) is 18.7 Å². The summed E-state index contributed by atoms with van der Waals surface area (Å²) in [7, 11) is 0. The number of halogens is 2. The molecule has 0 saturated carbocycles. The lowest BCUT2D eigenvalue weighted by molar-refractivity contribution is 0.0527. The highest BCUT2D eigenvalue weighted by Crippen LogP contribution is 2.30. The van der Waals surface area contributed by atoms with Gasteiger partial charge in [0.15, 0.2) is 17.5 Å². The van der Waals surface area contributed by atoms with Crippen molar-refractivity contribution >= 4 is 5.91 Å². The van der Waals surface area contributed by atoms with Crippen molar-refractivity contribution in [1.82, 2.24) is 14.9 Å². The molecular formula is C18H20F2N4O. The molecule has 2 atom stereocenters. The molecule has 7 heteroatoms. The standard InChI is InChI=1S/C18H20F2N4O/c1-11-4-2-9-24(14(11)10-21)18(25)15-12(5-6-13(19)16(15)20)17-22-7-3-8-23-17/h3,5-8,11,14H,2,4,9-10,21H2,1H3. The molecule has 1 aliphatic heterocycles. The van der Waals surface area contributed by atoms with Gasteiger partial charge in [0.25, 0.3) is 5.91 Å². The summed E-state index contributed by atoms with van der Waals surface area (Å²) in [5, 5.41) is 0. The molecule has 25 heavy (non-hydrogen) atoms. The Morgan fingerprint density at radius 1 is 1.32 bits per heavy atom. The van der Waals surface area contributed by atoms with E-state index in [9.17, 15) is 13.6 Å². The third kappa shape index (κ3) is 3.24. The summed E-state index contributed by atoms with van der Waals surface area (Å²) in [4.78, 5) is 22.8. The molecule has 1 aromatic heterocycles. The van der Waals surface area contributed by atoms with Gasteiger partial charge in [-0.1, -0.05) is 6.92 Å². The van der Waals surface area contributed by atoms with Crippen LogP contribution in [0.3, 0.4) is 0 Å². The Bertz CT molecular complexity index is 769. The van der Waals surface area contributed by atoms with Gasteiger partial charge in [-0.15, -0.1) is 0 Å². The van der Waals surface area contributed by atoms with Gasteiger partial charge >= 0.3 is 0 Å². The molecule has 2 aromatic rings. The second kappa shape index (κ2) is 7.23. The number of carbonyl (C=O) groups is 1. The first-order valence-electron chi connectivity index (χ1n) is 8.31. The molecule has 0 aliphatic carbocycles. The monoisotopic (exact) mass is 346 g/mol. The zero-order valence-corrected chi connectivity index (χ0v) is 14.0. The number of benzene rings is 1. The fraction of sp³-hybridized carbons (Fsp3) is 0.389. The van der Waals surface area contributed by atoms with Crippen molar-refractivity contribution in [2.75, 3.05) is 13.1 Å². The lowest BCUT2D eigenvalue weighted by atomic mass is 9.89. The predicted octanol–water partition coefficient (Wildman–Crippen LogP) is 2.62. The molecule has 0 bridgehead atoms. The third-order valence-electron chi connectivity index (χ3n) is 4.73. The molecule has 0 radical (unpaired) electrons. The first-order chi connectivity index (χ1) is 12.0. The first kappa shape index (κ1) is 17.4. The van der Waals surface area contributed by atoms with Crippen LogP contribution in [-0.2, 0) is 0 Å². The number of amides is 1. The van der Waals surface area contributed by atoms with Gasteiger partial charge in [-0.05, 0) is 37.0 Å². The summed E-state index contributed by atoms with van der Waals surface area (Å²) in [6, 6.07) is 3.73. The van der Waals surface area contributed by atoms with Crippen molar-refractivity contribution in [2.45, 2.75) is 25.8 Å². The minimum absolute atomic E-state index is 0.179. The number of piperidine rings is 1. The van der Waals surface area contributed by atoms with E-state index in [4.69, 9.17) is 5.73 Å². The van der Waals surface area contributed by atoms with Gasteiger partial charge in [0.05, 0.1) is 5.56 Å². The predicted molar refractivity (Wildman–Crippen MR) is 89.7 cm³/mol. The van der Waals surface area contributed by atoms with Crippen LogP contribution in [-0.4, -0.2) is 39.9 Å². The van der Waals surface area contributed by atoms with Crippen molar-refractivity contribution < 1.29 is 13.6 Å². The average Bonchev–Trinajstić information content (AvgIpc) is 2.63. The molecule has 1 amide bonds. The van der Waals surface area contributed by atoms with Crippen LogP contribution < -0.4 is 5.73 Å². The largest absolute Gasteiger partial charge is 0.334 e. The maximum atomic E-state index is 14.6. The quantitative estimate of drug-likeness (QED) is 0.927. The molecule has 1 aliphatic rings. The van der Waals surface area contributed by atoms with E-state index in [0.29, 0.717) is 6.54 Å². The van der Waals surface area contributed by atoms with Crippen LogP contribution in [0.15, 0.2) is 30.6 Å². The van der Waals surface area contributed by atoms with Crippen LogP contribution in [0.2, 0.25) is 0 Å². The van der Waals surface area contributed by atoms with Gasteiger partial charge in [0, 0.05) is 37.1 Å². The molecule has 2 N–H and O–H groups in total. The van der Waals surface area contributed by atoms with Crippen molar-refractivity contribution in [3.05, 3.63) is 47.8 Å². The lowest BCUT2D eigenvalue weighted by Gasteiger charge is -2.39. The fourth-order valence-electron chi connectivity index (χ4n) is 3.39. The number of hydrogen-bond acceptors (Lipinski definition) is 4. The van der Waals surface area contributed by atoms with Crippen LogP contribution >= 0.6 is 0 Å². The summed E-state index contributed by atoms with van der Waals surface area (Å²) in [6.07, 6.45) is 4.73. The molecule has 1 aromatic carbocycles. The van der Waals surface area contributed by atoms with Crippen LogP contribution in [0.25, 0.3) is 11.4 Å². The number of nitrogens with zero attached hydrogens (tertiary/aromatic N) is 3. The van der Waals surface area contributed by atoms with E-state index in [0.717, 1.165) is 18.9 Å². The molecule has 3 rings (SSSR count). The molecular weight excluding hydrogens is 326 g/mol. The van der Waals surface area contributed by atoms with E-state index >= 15 is 0 Å². The number of hydrogen-bond donors (Lipinski definition) is 1. The zero-order valence-electron chi connectivity index (χ0n) is 14.0. The first-order valence-corrected chi connectivity index (χ1v) is 8.31. The molecule has 5 nitrogen and oxygen atoms in total. The summed E-state index contributed by atoms with van der Waals surface area (Å²) in [5.41, 5.74) is 5.68. The SMILES string of the molecule is CC1CCCN(C(=O)c2c(-c3ncccn3)ccc(F)c2F)C1CN. The van der Waals surface area contributed by atoms with E-state index in [-0.39, 0.29) is 35.5 Å². The lowest BCUT2D eigenvalue weighted by Crippen LogP contribution is -2.51. The van der Waals surface area contributed by atoms with Crippen molar-refractivity contribution in [2.24, 2.45) is 11.7 Å². The summed E-state index contributed by atoms with van der Waals surface area (Å²) >= 11 is 0. The fourth-order valence-corrected chi connectivity index (χ4v) is 3.39. The molecule has 1 saturated heterocycles. The average molecular weight is 346 g/mol. The number of likely N-dealkylation sites (tertiary alicyclic amines) is 1. The maximum Gasteiger partial charge on any atom is 0.258 e. The molecule has 2 unspecified atom stereocenters. The van der Waals surface area contributed by atoms with Crippen molar-refractivity contribution in [3.8, 4) is 11.4 Å². The number of carbonyl (C=O) groups excluding carboxylic acids is 1. The Balaban J connectivity index is 2.09. The molecule has 2 heterocycles. The van der Waals surface area contributed by atoms with Crippen LogP contribution in [0.4, 0.5) is 8.78 Å². The van der Waals surface area contributed by atoms with E-state index in [2.05, 4.69) is 9.97 Å². The van der Waals surface area contributed by atoms with Crippen LogP contribution in [0.5, 0.6) is 0 Å². The molecule has 0 spiro atoms. The van der Waals surface area contributed by atoms with E-state index in [1.807, 2.05) is 6.92 Å². The zero-order chi connectivity index (χ0) is 18.0. The highest BCUT2D eigenvalue weighted by atomic mass is 19.2. The van der Waals surface area contributed by atoms with Gasteiger partial charge in [0.2, 0.25) is 0 Å². The summed E-state index contributed by atoms with van der Waals surface area (Å²) in [5.74, 6) is -2.43. The molecule has 132 valence electrons. The van der Waals surface area contributed by atoms with Gasteiger partial charge in [0.1, 0.15) is 0 Å². The smallest absolute Gasteiger partial charge is 0.258 e. The van der Waals surface area contributed by atoms with Gasteiger partial charge in [-0.3, -0.25) is 4.79 Å². The second-order valence-electron chi connectivity index (χ2n) is 6.28. The number of rotatable bonds is 3. The number of aromatic nitrogens is 2. The van der Waals surface area contributed by atoms with Gasteiger partial charge < -0.3 is 10.6 Å². The Labute approximate surface area is 144 Å². The minimum Gasteiger partial charge on any atom is -0.334 e. The Hall–Kier alpha value is -2.41.